The van der Waals surface area contributed by atoms with E-state index in [9.17, 15) is 4.79 Å². The van der Waals surface area contributed by atoms with Crippen molar-refractivity contribution in [3.05, 3.63) is 63.0 Å². The zero-order valence-electron chi connectivity index (χ0n) is 15.3. The first-order valence-electron chi connectivity index (χ1n) is 8.82. The first kappa shape index (κ1) is 18.9. The molecule has 0 bridgehead atoms. The molecule has 1 unspecified atom stereocenters. The molecule has 2 heterocycles. The van der Waals surface area contributed by atoms with Gasteiger partial charge in [-0.05, 0) is 44.7 Å². The molecule has 3 nitrogen and oxygen atoms in total. The average Bonchev–Trinajstić information content (AvgIpc) is 2.93. The van der Waals surface area contributed by atoms with Crippen molar-refractivity contribution in [3.63, 3.8) is 0 Å². The van der Waals surface area contributed by atoms with E-state index in [4.69, 9.17) is 11.6 Å². The summed E-state index contributed by atoms with van der Waals surface area (Å²) in [5, 5.41) is 4.52. The van der Waals surface area contributed by atoms with Gasteiger partial charge in [-0.3, -0.25) is 9.79 Å². The van der Waals surface area contributed by atoms with Crippen molar-refractivity contribution < 1.29 is 4.79 Å². The highest BCUT2D eigenvalue weighted by Gasteiger charge is 2.23. The second-order valence-corrected chi connectivity index (χ2v) is 8.34. The predicted molar refractivity (Wildman–Crippen MR) is 112 cm³/mol. The van der Waals surface area contributed by atoms with Gasteiger partial charge < -0.3 is 5.32 Å². The summed E-state index contributed by atoms with van der Waals surface area (Å²) in [4.78, 5) is 17.9. The minimum atomic E-state index is -0.0844. The molecule has 1 aromatic heterocycles. The van der Waals surface area contributed by atoms with Gasteiger partial charge in [-0.15, -0.1) is 11.3 Å². The summed E-state index contributed by atoms with van der Waals surface area (Å²) in [5.74, 6) is 0.339. The lowest BCUT2D eigenvalue weighted by atomic mass is 9.99. The van der Waals surface area contributed by atoms with Gasteiger partial charge in [0.2, 0.25) is 5.91 Å². The van der Waals surface area contributed by atoms with Gasteiger partial charge in [-0.1, -0.05) is 48.4 Å². The molecule has 1 aliphatic rings. The molecule has 1 aliphatic heterocycles. The van der Waals surface area contributed by atoms with Gasteiger partial charge in [-0.25, -0.2) is 0 Å². The van der Waals surface area contributed by atoms with Crippen LogP contribution in [-0.4, -0.2) is 18.2 Å². The number of amides is 1. The number of nitrogens with one attached hydrogen (secondary N) is 1. The maximum atomic E-state index is 12.1. The van der Waals surface area contributed by atoms with Gasteiger partial charge in [0, 0.05) is 21.0 Å². The summed E-state index contributed by atoms with van der Waals surface area (Å²) in [6, 6.07) is 9.82. The third kappa shape index (κ3) is 4.25. The summed E-state index contributed by atoms with van der Waals surface area (Å²) in [7, 11) is 0. The van der Waals surface area contributed by atoms with Crippen LogP contribution in [0.25, 0.3) is 0 Å². The maximum Gasteiger partial charge on any atom is 0.246 e. The van der Waals surface area contributed by atoms with Crippen LogP contribution in [0.3, 0.4) is 0 Å². The molecule has 0 saturated heterocycles. The monoisotopic (exact) mass is 386 g/mol. The van der Waals surface area contributed by atoms with Gasteiger partial charge in [0.05, 0.1) is 5.71 Å². The second kappa shape index (κ2) is 8.19. The number of carbonyl (C=O) groups is 1. The molecule has 0 radical (unpaired) electrons. The van der Waals surface area contributed by atoms with Crippen LogP contribution in [0.2, 0.25) is 5.02 Å². The highest BCUT2D eigenvalue weighted by Crippen LogP contribution is 2.38. The highest BCUT2D eigenvalue weighted by atomic mass is 35.5. The number of anilines is 1. The summed E-state index contributed by atoms with van der Waals surface area (Å²) in [6.07, 6.45) is 4.41. The molecule has 3 rings (SSSR count). The lowest BCUT2D eigenvalue weighted by molar-refractivity contribution is -0.114. The predicted octanol–water partition coefficient (Wildman–Crippen LogP) is 6.04. The van der Waals surface area contributed by atoms with Gasteiger partial charge in [0.1, 0.15) is 11.5 Å². The third-order valence-corrected chi connectivity index (χ3v) is 6.02. The van der Waals surface area contributed by atoms with E-state index in [0.29, 0.717) is 10.9 Å². The van der Waals surface area contributed by atoms with Gasteiger partial charge in [-0.2, -0.15) is 0 Å². The Morgan fingerprint density at radius 3 is 2.85 bits per heavy atom. The minimum absolute atomic E-state index is 0.0844. The Labute approximate surface area is 163 Å². The molecule has 0 saturated carbocycles. The Balaban J connectivity index is 1.95. The molecule has 5 heteroatoms. The molecule has 0 spiro atoms. The number of hydrogen-bond donors (Lipinski definition) is 1. The van der Waals surface area contributed by atoms with Crippen molar-refractivity contribution in [2.24, 2.45) is 4.99 Å². The van der Waals surface area contributed by atoms with Gasteiger partial charge in [0.15, 0.2) is 0 Å². The van der Waals surface area contributed by atoms with Crippen LogP contribution in [0, 0.1) is 0 Å². The SMILES string of the molecule is CC(C)=CCCC(C)c1cc2c(s1)NC(=O)CN=C2c1ccccc1Cl. The van der Waals surface area contributed by atoms with E-state index >= 15 is 0 Å². The smallest absolute Gasteiger partial charge is 0.246 e. The molecule has 2 aromatic rings. The maximum absolute atomic E-state index is 12.1. The minimum Gasteiger partial charge on any atom is -0.316 e. The number of aliphatic imine (C=N–C) groups is 1. The Morgan fingerprint density at radius 2 is 2.12 bits per heavy atom. The van der Waals surface area contributed by atoms with Crippen LogP contribution in [0.1, 0.15) is 55.5 Å². The van der Waals surface area contributed by atoms with Gasteiger partial charge in [0.25, 0.3) is 0 Å². The van der Waals surface area contributed by atoms with Crippen molar-refractivity contribution in [1.82, 2.24) is 0 Å². The van der Waals surface area contributed by atoms with Crippen LogP contribution in [-0.2, 0) is 4.79 Å². The first-order valence-corrected chi connectivity index (χ1v) is 10.0. The highest BCUT2D eigenvalue weighted by molar-refractivity contribution is 7.16. The average molecular weight is 387 g/mol. The van der Waals surface area contributed by atoms with E-state index in [1.165, 1.54) is 10.5 Å². The number of fused-ring (bicyclic) bond motifs is 1. The van der Waals surface area contributed by atoms with Crippen molar-refractivity contribution in [2.75, 3.05) is 11.9 Å². The van der Waals surface area contributed by atoms with Gasteiger partial charge >= 0.3 is 0 Å². The third-order valence-electron chi connectivity index (χ3n) is 4.41. The van der Waals surface area contributed by atoms with E-state index in [0.717, 1.165) is 34.7 Å². The Bertz CT molecular complexity index is 878. The number of halogens is 1. The van der Waals surface area contributed by atoms with Crippen LogP contribution in [0.4, 0.5) is 5.00 Å². The largest absolute Gasteiger partial charge is 0.316 e. The summed E-state index contributed by atoms with van der Waals surface area (Å²) < 4.78 is 0. The standard InChI is InChI=1S/C21H23ClN2OS/c1-13(2)7-6-8-14(3)18-11-16-20(15-9-4-5-10-17(15)22)23-12-19(25)24-21(16)26-18/h4-5,7,9-11,14H,6,8,12H2,1-3H3,(H,24,25). The fourth-order valence-electron chi connectivity index (χ4n) is 2.97. The van der Waals surface area contributed by atoms with Crippen molar-refractivity contribution in [1.29, 1.82) is 0 Å². The van der Waals surface area contributed by atoms with Crippen LogP contribution in [0.15, 0.2) is 47.0 Å². The van der Waals surface area contributed by atoms with E-state index < -0.39 is 0 Å². The molecule has 0 fully saturated rings. The molecule has 136 valence electrons. The number of benzene rings is 1. The molecule has 1 atom stereocenters. The number of carbonyl (C=O) groups excluding carboxylic acids is 1. The second-order valence-electron chi connectivity index (χ2n) is 6.84. The molecule has 1 N–H and O–H groups in total. The molecule has 0 aliphatic carbocycles. The summed E-state index contributed by atoms with van der Waals surface area (Å²) in [6.45, 7) is 6.60. The number of allylic oxidation sites excluding steroid dienone is 2. The fourth-order valence-corrected chi connectivity index (χ4v) is 4.36. The first-order chi connectivity index (χ1) is 12.5. The van der Waals surface area contributed by atoms with Crippen LogP contribution >= 0.6 is 22.9 Å². The molecular formula is C21H23ClN2OS. The number of thiophene rings is 1. The Morgan fingerprint density at radius 1 is 1.35 bits per heavy atom. The Kier molecular flexibility index (Phi) is 5.94. The number of hydrogen-bond acceptors (Lipinski definition) is 3. The van der Waals surface area contributed by atoms with Crippen molar-refractivity contribution >= 4 is 39.6 Å². The zero-order valence-corrected chi connectivity index (χ0v) is 16.9. The molecule has 1 amide bonds. The lowest BCUT2D eigenvalue weighted by Crippen LogP contribution is -2.12. The summed E-state index contributed by atoms with van der Waals surface area (Å²) >= 11 is 8.04. The molecule has 26 heavy (non-hydrogen) atoms. The number of rotatable bonds is 5. The van der Waals surface area contributed by atoms with E-state index in [2.05, 4.69) is 43.2 Å². The van der Waals surface area contributed by atoms with Crippen molar-refractivity contribution in [3.8, 4) is 0 Å². The van der Waals surface area contributed by atoms with E-state index in [-0.39, 0.29) is 12.5 Å². The van der Waals surface area contributed by atoms with E-state index in [1.807, 2.05) is 24.3 Å². The fraction of sp³-hybridized carbons (Fsp3) is 0.333. The number of nitrogens with zero attached hydrogens (tertiary/aromatic N) is 1. The Hall–Kier alpha value is -1.91. The quantitative estimate of drug-likeness (QED) is 0.625. The van der Waals surface area contributed by atoms with E-state index in [1.54, 1.807) is 11.3 Å². The zero-order chi connectivity index (χ0) is 18.7. The normalized spacial score (nSPS) is 14.8. The summed E-state index contributed by atoms with van der Waals surface area (Å²) in [5.41, 5.74) is 3.98. The molecule has 1 aromatic carbocycles. The lowest BCUT2D eigenvalue weighted by Gasteiger charge is -2.08. The van der Waals surface area contributed by atoms with Crippen LogP contribution in [0.5, 0.6) is 0 Å². The topological polar surface area (TPSA) is 41.5 Å². The molecular weight excluding hydrogens is 364 g/mol. The van der Waals surface area contributed by atoms with Crippen LogP contribution < -0.4 is 5.32 Å². The van der Waals surface area contributed by atoms with Crippen molar-refractivity contribution in [2.45, 2.75) is 39.5 Å².